The maximum Gasteiger partial charge on any atom is 0.208 e. The standard InChI is InChI=1S/C19H25N3O2S/c1-2-21-18-15-16(22-13-6-11-20-12-14-22)9-10-19(18)25(23,24)17-7-4-3-5-8-17/h3-5,7-10,15,20-21H,2,6,11-14H2,1H3. The van der Waals surface area contributed by atoms with Gasteiger partial charge in [-0.05, 0) is 50.2 Å². The number of hydrogen-bond acceptors (Lipinski definition) is 5. The van der Waals surface area contributed by atoms with Gasteiger partial charge < -0.3 is 15.5 Å². The molecule has 0 radical (unpaired) electrons. The summed E-state index contributed by atoms with van der Waals surface area (Å²) >= 11 is 0. The Morgan fingerprint density at radius 3 is 2.64 bits per heavy atom. The highest BCUT2D eigenvalue weighted by molar-refractivity contribution is 7.91. The van der Waals surface area contributed by atoms with Crippen LogP contribution in [0, 0.1) is 0 Å². The lowest BCUT2D eigenvalue weighted by atomic mass is 10.2. The predicted molar refractivity (Wildman–Crippen MR) is 102 cm³/mol. The first kappa shape index (κ1) is 17.8. The van der Waals surface area contributed by atoms with Gasteiger partial charge in [0.2, 0.25) is 9.84 Å². The summed E-state index contributed by atoms with van der Waals surface area (Å²) in [6.07, 6.45) is 1.08. The van der Waals surface area contributed by atoms with E-state index in [1.165, 1.54) is 0 Å². The van der Waals surface area contributed by atoms with Crippen LogP contribution in [0.4, 0.5) is 11.4 Å². The molecule has 0 spiro atoms. The van der Waals surface area contributed by atoms with Gasteiger partial charge in [0.15, 0.2) is 0 Å². The van der Waals surface area contributed by atoms with Gasteiger partial charge in [-0.25, -0.2) is 8.42 Å². The van der Waals surface area contributed by atoms with Crippen LogP contribution in [0.25, 0.3) is 0 Å². The molecule has 2 aromatic rings. The van der Waals surface area contributed by atoms with Crippen LogP contribution < -0.4 is 15.5 Å². The normalized spacial score (nSPS) is 15.6. The van der Waals surface area contributed by atoms with E-state index in [1.54, 1.807) is 30.3 Å². The highest BCUT2D eigenvalue weighted by atomic mass is 32.2. The molecule has 0 saturated carbocycles. The molecule has 0 amide bonds. The molecule has 2 N–H and O–H groups in total. The lowest BCUT2D eigenvalue weighted by Gasteiger charge is -2.24. The Kier molecular flexibility index (Phi) is 5.60. The minimum absolute atomic E-state index is 0.320. The van der Waals surface area contributed by atoms with Gasteiger partial charge in [-0.2, -0.15) is 0 Å². The van der Waals surface area contributed by atoms with Gasteiger partial charge in [-0.1, -0.05) is 18.2 Å². The van der Waals surface area contributed by atoms with Crippen molar-refractivity contribution in [2.24, 2.45) is 0 Å². The van der Waals surface area contributed by atoms with Crippen molar-refractivity contribution < 1.29 is 8.42 Å². The average molecular weight is 359 g/mol. The van der Waals surface area contributed by atoms with Crippen LogP contribution in [0.2, 0.25) is 0 Å². The van der Waals surface area contributed by atoms with E-state index in [-0.39, 0.29) is 0 Å². The fourth-order valence-corrected chi connectivity index (χ4v) is 4.55. The number of hydrogen-bond donors (Lipinski definition) is 2. The Hall–Kier alpha value is -2.05. The third kappa shape index (κ3) is 3.96. The zero-order valence-corrected chi connectivity index (χ0v) is 15.3. The van der Waals surface area contributed by atoms with Gasteiger partial charge in [0.05, 0.1) is 15.5 Å². The maximum atomic E-state index is 13.0. The van der Waals surface area contributed by atoms with E-state index >= 15 is 0 Å². The number of benzene rings is 2. The minimum Gasteiger partial charge on any atom is -0.384 e. The van der Waals surface area contributed by atoms with Gasteiger partial charge in [-0.3, -0.25) is 0 Å². The number of rotatable bonds is 5. The summed E-state index contributed by atoms with van der Waals surface area (Å²) in [6, 6.07) is 14.2. The van der Waals surface area contributed by atoms with Gasteiger partial charge >= 0.3 is 0 Å². The van der Waals surface area contributed by atoms with Gasteiger partial charge in [0.1, 0.15) is 0 Å². The smallest absolute Gasteiger partial charge is 0.208 e. The summed E-state index contributed by atoms with van der Waals surface area (Å²) in [5.74, 6) is 0. The van der Waals surface area contributed by atoms with Crippen LogP contribution in [0.3, 0.4) is 0 Å². The van der Waals surface area contributed by atoms with Crippen LogP contribution in [0.5, 0.6) is 0 Å². The molecule has 1 fully saturated rings. The summed E-state index contributed by atoms with van der Waals surface area (Å²) in [7, 11) is -3.54. The van der Waals surface area contributed by atoms with Crippen LogP contribution in [0.1, 0.15) is 13.3 Å². The Morgan fingerprint density at radius 2 is 1.88 bits per heavy atom. The van der Waals surface area contributed by atoms with E-state index < -0.39 is 9.84 Å². The zero-order chi connectivity index (χ0) is 17.7. The number of anilines is 2. The molecule has 5 nitrogen and oxygen atoms in total. The zero-order valence-electron chi connectivity index (χ0n) is 14.5. The molecule has 3 rings (SSSR count). The van der Waals surface area contributed by atoms with Gasteiger partial charge in [-0.15, -0.1) is 0 Å². The molecule has 134 valence electrons. The Bertz CT molecular complexity index is 799. The maximum absolute atomic E-state index is 13.0. The SMILES string of the molecule is CCNc1cc(N2CCCNCC2)ccc1S(=O)(=O)c1ccccc1. The Balaban J connectivity index is 1.99. The minimum atomic E-state index is -3.54. The summed E-state index contributed by atoms with van der Waals surface area (Å²) in [6.45, 7) is 6.51. The summed E-state index contributed by atoms with van der Waals surface area (Å²) in [5, 5.41) is 6.62. The van der Waals surface area contributed by atoms with Crippen LogP contribution >= 0.6 is 0 Å². The lowest BCUT2D eigenvalue weighted by Crippen LogP contribution is -2.28. The van der Waals surface area contributed by atoms with Crippen molar-refractivity contribution in [3.63, 3.8) is 0 Å². The Morgan fingerprint density at radius 1 is 1.08 bits per heavy atom. The molecule has 1 heterocycles. The van der Waals surface area contributed by atoms with Crippen LogP contribution in [-0.4, -0.2) is 41.1 Å². The molecule has 0 bridgehead atoms. The molecule has 0 aromatic heterocycles. The van der Waals surface area contributed by atoms with Crippen molar-refractivity contribution >= 4 is 21.2 Å². The lowest BCUT2D eigenvalue weighted by molar-refractivity contribution is 0.596. The summed E-state index contributed by atoms with van der Waals surface area (Å²) in [5.41, 5.74) is 1.73. The van der Waals surface area contributed by atoms with Crippen molar-refractivity contribution in [3.05, 3.63) is 48.5 Å². The predicted octanol–water partition coefficient (Wildman–Crippen LogP) is 2.75. The molecule has 0 aliphatic carbocycles. The van der Waals surface area contributed by atoms with Crippen LogP contribution in [-0.2, 0) is 9.84 Å². The Labute approximate surface area is 150 Å². The van der Waals surface area contributed by atoms with E-state index in [1.807, 2.05) is 25.1 Å². The number of sulfone groups is 1. The third-order valence-corrected chi connectivity index (χ3v) is 6.21. The highest BCUT2D eigenvalue weighted by Gasteiger charge is 2.22. The first-order valence-corrected chi connectivity index (χ1v) is 10.2. The molecule has 1 saturated heterocycles. The molecular formula is C19H25N3O2S. The first-order valence-electron chi connectivity index (χ1n) is 8.76. The highest BCUT2D eigenvalue weighted by Crippen LogP contribution is 2.31. The van der Waals surface area contributed by atoms with Gasteiger partial charge in [0, 0.05) is 31.9 Å². The number of nitrogens with zero attached hydrogens (tertiary/aromatic N) is 1. The molecule has 2 aromatic carbocycles. The van der Waals surface area contributed by atoms with E-state index in [2.05, 4.69) is 15.5 Å². The van der Waals surface area contributed by atoms with Crippen LogP contribution in [0.15, 0.2) is 58.3 Å². The second-order valence-electron chi connectivity index (χ2n) is 6.12. The molecular weight excluding hydrogens is 334 g/mol. The monoisotopic (exact) mass is 359 g/mol. The largest absolute Gasteiger partial charge is 0.384 e. The molecule has 1 aliphatic rings. The second kappa shape index (κ2) is 7.89. The topological polar surface area (TPSA) is 61.4 Å². The van der Waals surface area contributed by atoms with E-state index in [4.69, 9.17) is 0 Å². The first-order chi connectivity index (χ1) is 12.1. The number of nitrogens with one attached hydrogen (secondary N) is 2. The van der Waals surface area contributed by atoms with E-state index in [9.17, 15) is 8.42 Å². The van der Waals surface area contributed by atoms with Crippen molar-refractivity contribution in [2.75, 3.05) is 42.9 Å². The molecule has 25 heavy (non-hydrogen) atoms. The summed E-state index contributed by atoms with van der Waals surface area (Å²) < 4.78 is 26.0. The van der Waals surface area contributed by atoms with Crippen molar-refractivity contribution in [3.8, 4) is 0 Å². The third-order valence-electron chi connectivity index (χ3n) is 4.38. The summed E-state index contributed by atoms with van der Waals surface area (Å²) in [4.78, 5) is 2.96. The molecule has 0 unspecified atom stereocenters. The van der Waals surface area contributed by atoms with E-state index in [0.717, 1.165) is 38.3 Å². The molecule has 1 aliphatic heterocycles. The average Bonchev–Trinajstić information content (AvgIpc) is 2.92. The van der Waals surface area contributed by atoms with Gasteiger partial charge in [0.25, 0.3) is 0 Å². The van der Waals surface area contributed by atoms with Crippen molar-refractivity contribution in [1.29, 1.82) is 0 Å². The van der Waals surface area contributed by atoms with Crippen molar-refractivity contribution in [1.82, 2.24) is 5.32 Å². The fraction of sp³-hybridized carbons (Fsp3) is 0.368. The second-order valence-corrected chi connectivity index (χ2v) is 8.04. The quantitative estimate of drug-likeness (QED) is 0.860. The molecule has 0 atom stereocenters. The fourth-order valence-electron chi connectivity index (χ4n) is 3.11. The van der Waals surface area contributed by atoms with E-state index in [0.29, 0.717) is 22.0 Å². The molecule has 6 heteroatoms. The van der Waals surface area contributed by atoms with Crippen molar-refractivity contribution in [2.45, 2.75) is 23.1 Å².